The summed E-state index contributed by atoms with van der Waals surface area (Å²) < 4.78 is 47.3. The largest absolute Gasteiger partial charge is 0.508 e. The fourth-order valence-electron chi connectivity index (χ4n) is 4.64. The highest BCUT2D eigenvalue weighted by molar-refractivity contribution is 5.78. The molecule has 1 heterocycles. The Morgan fingerprint density at radius 3 is 2.42 bits per heavy atom. The molecule has 0 radical (unpaired) electrons. The number of benzene rings is 1. The monoisotopic (exact) mass is 438 g/mol. The summed E-state index contributed by atoms with van der Waals surface area (Å²) in [6.07, 6.45) is -1.18. The lowest BCUT2D eigenvalue weighted by molar-refractivity contribution is -0.198. The molecule has 2 aromatic rings. The number of phenols is 1. The molecule has 0 spiro atoms. The normalized spacial score (nSPS) is 18.5. The zero-order valence-electron chi connectivity index (χ0n) is 17.9. The van der Waals surface area contributed by atoms with Crippen molar-refractivity contribution in [2.75, 3.05) is 14.1 Å². The highest BCUT2D eigenvalue weighted by atomic mass is 19.4. The number of likely N-dealkylation sites (N-methyl/N-ethyl adjacent to an activating group) is 1. The van der Waals surface area contributed by atoms with E-state index in [1.807, 2.05) is 25.9 Å². The summed E-state index contributed by atoms with van der Waals surface area (Å²) in [5.74, 6) is -2.69. The fraction of sp³-hybridized carbons (Fsp3) is 0.522. The average molecular weight is 438 g/mol. The highest BCUT2D eigenvalue weighted by Crippen LogP contribution is 2.67. The number of carbonyl (C=O) groups excluding carboxylic acids is 1. The Hall–Kier alpha value is -2.48. The summed E-state index contributed by atoms with van der Waals surface area (Å²) in [5, 5.41) is 9.66. The average Bonchev–Trinajstić information content (AvgIpc) is 3.30. The topological polar surface area (TPSA) is 79.7 Å². The van der Waals surface area contributed by atoms with Crippen LogP contribution < -0.4 is 5.73 Å². The zero-order chi connectivity index (χ0) is 23.0. The van der Waals surface area contributed by atoms with Crippen LogP contribution in [-0.4, -0.2) is 42.2 Å². The Labute approximate surface area is 180 Å². The second-order valence-electron chi connectivity index (χ2n) is 8.87. The molecular weight excluding hydrogens is 409 g/mol. The van der Waals surface area contributed by atoms with Gasteiger partial charge in [0.1, 0.15) is 5.75 Å². The van der Waals surface area contributed by atoms with Crippen molar-refractivity contribution < 1.29 is 27.5 Å². The quantitative estimate of drug-likeness (QED) is 0.609. The lowest BCUT2D eigenvalue weighted by Crippen LogP contribution is -2.43. The number of nitrogens with two attached hydrogens (primary N) is 1. The summed E-state index contributed by atoms with van der Waals surface area (Å²) >= 11 is 0. The summed E-state index contributed by atoms with van der Waals surface area (Å²) in [6.45, 7) is 1.87. The van der Waals surface area contributed by atoms with Gasteiger partial charge in [0.25, 0.3) is 0 Å². The third-order valence-electron chi connectivity index (χ3n) is 6.66. The lowest BCUT2D eigenvalue weighted by atomic mass is 9.71. The molecule has 1 amide bonds. The maximum atomic E-state index is 14.1. The molecule has 1 aromatic carbocycles. The van der Waals surface area contributed by atoms with E-state index >= 15 is 0 Å². The van der Waals surface area contributed by atoms with Crippen molar-refractivity contribution in [3.8, 4) is 5.75 Å². The van der Waals surface area contributed by atoms with Gasteiger partial charge in [0.15, 0.2) is 0 Å². The minimum Gasteiger partial charge on any atom is -0.508 e. The van der Waals surface area contributed by atoms with E-state index in [-0.39, 0.29) is 31.1 Å². The van der Waals surface area contributed by atoms with Gasteiger partial charge in [-0.05, 0) is 81.6 Å². The number of aromatic hydroxyl groups is 1. The predicted octanol–water partition coefficient (Wildman–Crippen LogP) is 4.38. The van der Waals surface area contributed by atoms with Crippen LogP contribution in [0.2, 0.25) is 0 Å². The van der Waals surface area contributed by atoms with E-state index in [1.54, 1.807) is 18.2 Å². The Bertz CT molecular complexity index is 905. The Morgan fingerprint density at radius 1 is 1.29 bits per heavy atom. The third kappa shape index (κ3) is 4.74. The number of rotatable bonds is 9. The van der Waals surface area contributed by atoms with E-state index in [4.69, 9.17) is 10.2 Å². The first-order valence-electron chi connectivity index (χ1n) is 10.3. The van der Waals surface area contributed by atoms with Gasteiger partial charge < -0.3 is 20.2 Å². The number of aryl methyl sites for hydroxylation is 1. The number of halogens is 3. The molecule has 3 rings (SSSR count). The summed E-state index contributed by atoms with van der Waals surface area (Å²) in [5.41, 5.74) is 5.95. The number of primary amides is 1. The molecule has 3 N–H and O–H groups in total. The van der Waals surface area contributed by atoms with E-state index in [9.17, 15) is 23.1 Å². The molecule has 0 bridgehead atoms. The molecule has 2 unspecified atom stereocenters. The van der Waals surface area contributed by atoms with E-state index in [2.05, 4.69) is 0 Å². The molecule has 0 saturated heterocycles. The minimum atomic E-state index is -4.44. The molecule has 1 fully saturated rings. The molecule has 8 heteroatoms. The first kappa shape index (κ1) is 23.2. The number of furan rings is 1. The number of hydrogen-bond donors (Lipinski definition) is 2. The number of phenolic OH excluding ortho intramolecular Hbond substituents is 1. The van der Waals surface area contributed by atoms with Crippen molar-refractivity contribution in [1.82, 2.24) is 4.90 Å². The molecule has 5 nitrogen and oxygen atoms in total. The fourth-order valence-corrected chi connectivity index (χ4v) is 4.64. The molecule has 1 saturated carbocycles. The maximum absolute atomic E-state index is 14.1. The summed E-state index contributed by atoms with van der Waals surface area (Å²) in [7, 11) is 3.67. The molecule has 170 valence electrons. The van der Waals surface area contributed by atoms with Gasteiger partial charge in [-0.1, -0.05) is 6.07 Å². The van der Waals surface area contributed by atoms with Crippen LogP contribution in [0.1, 0.15) is 41.9 Å². The van der Waals surface area contributed by atoms with E-state index in [1.165, 1.54) is 18.6 Å². The van der Waals surface area contributed by atoms with Gasteiger partial charge in [0.05, 0.1) is 17.9 Å². The van der Waals surface area contributed by atoms with Gasteiger partial charge in [-0.3, -0.25) is 4.79 Å². The van der Waals surface area contributed by atoms with Crippen LogP contribution in [0.15, 0.2) is 41.2 Å². The predicted molar refractivity (Wildman–Crippen MR) is 110 cm³/mol. The zero-order valence-corrected chi connectivity index (χ0v) is 17.9. The van der Waals surface area contributed by atoms with Crippen LogP contribution in [0.25, 0.3) is 0 Å². The smallest absolute Gasteiger partial charge is 0.395 e. The Balaban J connectivity index is 1.95. The SMILES string of the molecule is Cc1cc(O)ccc1C[C@H](CC(C(N)=O)C(c1ccoc1)C1(C(F)(F)F)CC1)N(C)C. The van der Waals surface area contributed by atoms with E-state index in [0.29, 0.717) is 12.0 Å². The van der Waals surface area contributed by atoms with Gasteiger partial charge in [-0.15, -0.1) is 0 Å². The number of hydrogen-bond acceptors (Lipinski definition) is 4. The Kier molecular flexibility index (Phi) is 6.41. The first-order valence-corrected chi connectivity index (χ1v) is 10.3. The van der Waals surface area contributed by atoms with Gasteiger partial charge in [0.2, 0.25) is 5.91 Å². The van der Waals surface area contributed by atoms with Crippen LogP contribution in [0.4, 0.5) is 13.2 Å². The second-order valence-corrected chi connectivity index (χ2v) is 8.87. The second kappa shape index (κ2) is 8.57. The van der Waals surface area contributed by atoms with Crippen molar-refractivity contribution >= 4 is 5.91 Å². The first-order chi connectivity index (χ1) is 14.5. The van der Waals surface area contributed by atoms with E-state index < -0.39 is 29.3 Å². The van der Waals surface area contributed by atoms with Crippen LogP contribution in [-0.2, 0) is 11.2 Å². The van der Waals surface area contributed by atoms with E-state index in [0.717, 1.165) is 11.1 Å². The van der Waals surface area contributed by atoms with Gasteiger partial charge in [-0.2, -0.15) is 13.2 Å². The van der Waals surface area contributed by atoms with Crippen molar-refractivity contribution in [2.45, 2.75) is 50.7 Å². The van der Waals surface area contributed by atoms with Crippen molar-refractivity contribution in [3.05, 3.63) is 53.5 Å². The molecule has 31 heavy (non-hydrogen) atoms. The van der Waals surface area contributed by atoms with Crippen molar-refractivity contribution in [1.29, 1.82) is 0 Å². The number of amides is 1. The van der Waals surface area contributed by atoms with Gasteiger partial charge in [0, 0.05) is 17.9 Å². The molecule has 0 aliphatic heterocycles. The van der Waals surface area contributed by atoms with Crippen LogP contribution in [0, 0.1) is 18.3 Å². The lowest BCUT2D eigenvalue weighted by Gasteiger charge is -2.36. The van der Waals surface area contributed by atoms with Crippen molar-refractivity contribution in [3.63, 3.8) is 0 Å². The molecule has 3 atom stereocenters. The molecule has 1 aliphatic carbocycles. The van der Waals surface area contributed by atoms with Gasteiger partial charge >= 0.3 is 6.18 Å². The molecule has 1 aliphatic rings. The Morgan fingerprint density at radius 2 is 1.97 bits per heavy atom. The summed E-state index contributed by atoms with van der Waals surface area (Å²) in [6, 6.07) is 6.30. The van der Waals surface area contributed by atoms with Crippen LogP contribution in [0.3, 0.4) is 0 Å². The summed E-state index contributed by atoms with van der Waals surface area (Å²) in [4.78, 5) is 14.4. The molecular formula is C23H29F3N2O3. The number of alkyl halides is 3. The van der Waals surface area contributed by atoms with Crippen LogP contribution >= 0.6 is 0 Å². The number of carbonyl (C=O) groups is 1. The van der Waals surface area contributed by atoms with Crippen molar-refractivity contribution in [2.24, 2.45) is 17.1 Å². The minimum absolute atomic E-state index is 0.0279. The number of nitrogens with zero attached hydrogens (tertiary/aromatic N) is 1. The van der Waals surface area contributed by atoms with Crippen LogP contribution in [0.5, 0.6) is 5.75 Å². The maximum Gasteiger partial charge on any atom is 0.395 e. The third-order valence-corrected chi connectivity index (χ3v) is 6.66. The van der Waals surface area contributed by atoms with Gasteiger partial charge in [-0.25, -0.2) is 0 Å². The standard InChI is InChI=1S/C23H29F3N2O3/c1-14-10-18(29)5-4-15(14)11-17(28(2)3)12-19(21(27)30)20(16-6-9-31-13-16)22(7-8-22)23(24,25)26/h4-6,9-10,13,17,19-20,29H,7-8,11-12H2,1-3H3,(H2,27,30)/t17-,19?,20?/m1/s1. The highest BCUT2D eigenvalue weighted by Gasteiger charge is 2.69. The molecule has 1 aromatic heterocycles.